The van der Waals surface area contributed by atoms with Crippen molar-refractivity contribution >= 4 is 11.6 Å². The van der Waals surface area contributed by atoms with Crippen molar-refractivity contribution in [1.29, 1.82) is 0 Å². The van der Waals surface area contributed by atoms with Crippen molar-refractivity contribution in [3.05, 3.63) is 29.0 Å². The number of nitrogens with zero attached hydrogens (tertiary/aromatic N) is 1. The maximum atomic E-state index is 10.1. The molecule has 1 aromatic heterocycles. The summed E-state index contributed by atoms with van der Waals surface area (Å²) in [7, 11) is 0. The summed E-state index contributed by atoms with van der Waals surface area (Å²) in [5.41, 5.74) is -0.292. The first-order valence-corrected chi connectivity index (χ1v) is 4.64. The summed E-state index contributed by atoms with van der Waals surface area (Å²) in [4.78, 5) is 4.11. The Labute approximate surface area is 81.8 Å². The van der Waals surface area contributed by atoms with Crippen LogP contribution in [0.4, 0.5) is 0 Å². The molecule has 0 bridgehead atoms. The van der Waals surface area contributed by atoms with Gasteiger partial charge in [0.1, 0.15) is 5.60 Å². The second-order valence-electron chi connectivity index (χ2n) is 3.29. The van der Waals surface area contributed by atoms with Crippen LogP contribution in [0, 0.1) is 0 Å². The maximum absolute atomic E-state index is 10.1. The van der Waals surface area contributed by atoms with Gasteiger partial charge in [-0.05, 0) is 25.1 Å². The fourth-order valence-corrected chi connectivity index (χ4v) is 1.91. The highest BCUT2D eigenvalue weighted by atomic mass is 35.5. The summed E-state index contributed by atoms with van der Waals surface area (Å²) >= 11 is 5.94. The van der Waals surface area contributed by atoms with Crippen LogP contribution in [0.2, 0.25) is 5.02 Å². The van der Waals surface area contributed by atoms with E-state index in [1.165, 1.54) is 0 Å². The minimum atomic E-state index is -0.877. The Bertz CT molecular complexity index is 310. The Morgan fingerprint density at radius 2 is 2.46 bits per heavy atom. The lowest BCUT2D eigenvalue weighted by Crippen LogP contribution is -2.29. The first-order valence-electron chi connectivity index (χ1n) is 4.26. The monoisotopic (exact) mass is 198 g/mol. The van der Waals surface area contributed by atoms with Crippen LogP contribution in [-0.2, 0) is 5.60 Å². The lowest BCUT2D eigenvalue weighted by atomic mass is 9.98. The molecule has 1 aromatic rings. The molecule has 0 amide bonds. The summed E-state index contributed by atoms with van der Waals surface area (Å²) in [5, 5.41) is 13.8. The van der Waals surface area contributed by atoms with Crippen LogP contribution in [0.1, 0.15) is 12.1 Å². The molecule has 1 atom stereocenters. The standard InChI is InChI=1S/C9H11ClN2O/c10-7-2-1-4-12-8(7)9(13)3-5-11-6-9/h1-2,4,11,13H,3,5-6H2. The molecule has 70 valence electrons. The molecule has 3 nitrogen and oxygen atoms in total. The molecule has 0 aromatic carbocycles. The van der Waals surface area contributed by atoms with E-state index in [1.54, 1.807) is 18.3 Å². The number of halogens is 1. The number of pyridine rings is 1. The van der Waals surface area contributed by atoms with E-state index in [0.717, 1.165) is 6.54 Å². The summed E-state index contributed by atoms with van der Waals surface area (Å²) in [6.45, 7) is 1.34. The van der Waals surface area contributed by atoms with Gasteiger partial charge in [-0.3, -0.25) is 4.98 Å². The fraction of sp³-hybridized carbons (Fsp3) is 0.444. The van der Waals surface area contributed by atoms with Crippen LogP contribution in [0.3, 0.4) is 0 Å². The second-order valence-corrected chi connectivity index (χ2v) is 3.70. The van der Waals surface area contributed by atoms with Gasteiger partial charge in [0.25, 0.3) is 0 Å². The number of β-amino-alcohol motifs (C(OH)–C–C–N with tert-alkyl or cyclic N) is 1. The fourth-order valence-electron chi connectivity index (χ4n) is 1.61. The third kappa shape index (κ3) is 1.55. The van der Waals surface area contributed by atoms with Gasteiger partial charge >= 0.3 is 0 Å². The predicted molar refractivity (Wildman–Crippen MR) is 50.6 cm³/mol. The van der Waals surface area contributed by atoms with Crippen molar-refractivity contribution in [2.24, 2.45) is 0 Å². The molecule has 0 aliphatic carbocycles. The molecule has 1 aliphatic heterocycles. The Morgan fingerprint density at radius 1 is 1.62 bits per heavy atom. The van der Waals surface area contributed by atoms with E-state index in [0.29, 0.717) is 23.7 Å². The van der Waals surface area contributed by atoms with E-state index in [9.17, 15) is 5.11 Å². The molecule has 1 aliphatic rings. The highest BCUT2D eigenvalue weighted by molar-refractivity contribution is 6.31. The lowest BCUT2D eigenvalue weighted by Gasteiger charge is -2.21. The van der Waals surface area contributed by atoms with Crippen LogP contribution in [0.15, 0.2) is 18.3 Å². The van der Waals surface area contributed by atoms with Gasteiger partial charge in [0, 0.05) is 12.7 Å². The van der Waals surface area contributed by atoms with Gasteiger partial charge in [-0.1, -0.05) is 11.6 Å². The third-order valence-electron chi connectivity index (χ3n) is 2.33. The van der Waals surface area contributed by atoms with Crippen molar-refractivity contribution in [2.45, 2.75) is 12.0 Å². The largest absolute Gasteiger partial charge is 0.382 e. The molecule has 1 unspecified atom stereocenters. The van der Waals surface area contributed by atoms with Crippen molar-refractivity contribution in [1.82, 2.24) is 10.3 Å². The van der Waals surface area contributed by atoms with E-state index in [-0.39, 0.29) is 0 Å². The molecular formula is C9H11ClN2O. The first kappa shape index (κ1) is 8.94. The quantitative estimate of drug-likeness (QED) is 0.706. The lowest BCUT2D eigenvalue weighted by molar-refractivity contribution is 0.0543. The third-order valence-corrected chi connectivity index (χ3v) is 2.64. The number of aromatic nitrogens is 1. The molecular weight excluding hydrogens is 188 g/mol. The van der Waals surface area contributed by atoms with Gasteiger partial charge in [-0.15, -0.1) is 0 Å². The Kier molecular flexibility index (Phi) is 2.24. The molecule has 13 heavy (non-hydrogen) atoms. The molecule has 0 spiro atoms. The van der Waals surface area contributed by atoms with Gasteiger partial charge < -0.3 is 10.4 Å². The molecule has 0 radical (unpaired) electrons. The summed E-state index contributed by atoms with van der Waals surface area (Å²) in [5.74, 6) is 0. The van der Waals surface area contributed by atoms with Gasteiger partial charge in [0.15, 0.2) is 0 Å². The van der Waals surface area contributed by atoms with Gasteiger partial charge in [-0.2, -0.15) is 0 Å². The van der Waals surface area contributed by atoms with Crippen molar-refractivity contribution in [3.8, 4) is 0 Å². The number of hydrogen-bond acceptors (Lipinski definition) is 3. The van der Waals surface area contributed by atoms with E-state index < -0.39 is 5.60 Å². The Hall–Kier alpha value is -0.640. The minimum Gasteiger partial charge on any atom is -0.382 e. The molecule has 1 saturated heterocycles. The Morgan fingerprint density at radius 3 is 3.08 bits per heavy atom. The molecule has 2 heterocycles. The zero-order chi connectivity index (χ0) is 9.31. The van der Waals surface area contributed by atoms with E-state index in [1.807, 2.05) is 0 Å². The summed E-state index contributed by atoms with van der Waals surface area (Å²) in [6, 6.07) is 3.51. The topological polar surface area (TPSA) is 45.2 Å². The average molecular weight is 199 g/mol. The number of nitrogens with one attached hydrogen (secondary N) is 1. The zero-order valence-corrected chi connectivity index (χ0v) is 7.88. The van der Waals surface area contributed by atoms with Crippen molar-refractivity contribution < 1.29 is 5.11 Å². The molecule has 1 fully saturated rings. The summed E-state index contributed by atoms with van der Waals surface area (Å²) < 4.78 is 0. The minimum absolute atomic E-state index is 0.531. The number of hydrogen-bond donors (Lipinski definition) is 2. The summed E-state index contributed by atoms with van der Waals surface area (Å²) in [6.07, 6.45) is 2.32. The second kappa shape index (κ2) is 3.25. The number of rotatable bonds is 1. The van der Waals surface area contributed by atoms with Gasteiger partial charge in [0.2, 0.25) is 0 Å². The highest BCUT2D eigenvalue weighted by Gasteiger charge is 2.35. The van der Waals surface area contributed by atoms with E-state index >= 15 is 0 Å². The van der Waals surface area contributed by atoms with Crippen LogP contribution >= 0.6 is 11.6 Å². The van der Waals surface area contributed by atoms with Crippen LogP contribution in [0.5, 0.6) is 0 Å². The smallest absolute Gasteiger partial charge is 0.121 e. The van der Waals surface area contributed by atoms with Gasteiger partial charge in [0.05, 0.1) is 10.7 Å². The number of aliphatic hydroxyl groups is 1. The van der Waals surface area contributed by atoms with Crippen LogP contribution in [-0.4, -0.2) is 23.2 Å². The molecule has 4 heteroatoms. The van der Waals surface area contributed by atoms with Crippen molar-refractivity contribution in [3.63, 3.8) is 0 Å². The van der Waals surface area contributed by atoms with E-state index in [2.05, 4.69) is 10.3 Å². The highest BCUT2D eigenvalue weighted by Crippen LogP contribution is 2.30. The van der Waals surface area contributed by atoms with Crippen LogP contribution in [0.25, 0.3) is 0 Å². The van der Waals surface area contributed by atoms with E-state index in [4.69, 9.17) is 11.6 Å². The van der Waals surface area contributed by atoms with Crippen LogP contribution < -0.4 is 5.32 Å². The maximum Gasteiger partial charge on any atom is 0.121 e. The SMILES string of the molecule is OC1(c2ncccc2Cl)CCNC1. The first-order chi connectivity index (χ1) is 6.22. The molecule has 2 N–H and O–H groups in total. The predicted octanol–water partition coefficient (Wildman–Crippen LogP) is 0.916. The Balaban J connectivity index is 2.39. The normalized spacial score (nSPS) is 27.8. The average Bonchev–Trinajstić information content (AvgIpc) is 2.54. The molecule has 0 saturated carbocycles. The zero-order valence-electron chi connectivity index (χ0n) is 7.13. The molecule has 2 rings (SSSR count). The van der Waals surface area contributed by atoms with Crippen molar-refractivity contribution in [2.75, 3.05) is 13.1 Å². The van der Waals surface area contributed by atoms with Gasteiger partial charge in [-0.25, -0.2) is 0 Å².